The minimum absolute atomic E-state index is 0.000214. The summed E-state index contributed by atoms with van der Waals surface area (Å²) in [4.78, 5) is 78.8. The highest BCUT2D eigenvalue weighted by molar-refractivity contribution is 7.99. The summed E-state index contributed by atoms with van der Waals surface area (Å²) in [6.45, 7) is 17.8. The zero-order valence-electron chi connectivity index (χ0n) is 43.9. The number of aliphatic hydroxyl groups excluding tert-OH is 1. The van der Waals surface area contributed by atoms with E-state index in [2.05, 4.69) is 62.7 Å². The van der Waals surface area contributed by atoms with Crippen LogP contribution in [0.25, 0.3) is 10.4 Å². The van der Waals surface area contributed by atoms with E-state index in [-0.39, 0.29) is 47.5 Å². The molecule has 4 aliphatic rings. The number of nitrogens with zero attached hydrogens (tertiary/aromatic N) is 9. The Morgan fingerprint density at radius 1 is 0.893 bits per heavy atom. The van der Waals surface area contributed by atoms with E-state index in [1.165, 1.54) is 16.7 Å². The van der Waals surface area contributed by atoms with Crippen LogP contribution in [0.1, 0.15) is 107 Å². The zero-order chi connectivity index (χ0) is 53.1. The molecule has 20 heteroatoms. The number of aryl methyl sites for hydroxylation is 1. The normalized spacial score (nSPS) is 20.1. The van der Waals surface area contributed by atoms with Crippen LogP contribution in [0.5, 0.6) is 0 Å². The third-order valence-corrected chi connectivity index (χ3v) is 17.0. The van der Waals surface area contributed by atoms with Crippen molar-refractivity contribution in [2.45, 2.75) is 126 Å². The van der Waals surface area contributed by atoms with Gasteiger partial charge >= 0.3 is 0 Å². The number of nitrogens with one attached hydrogen (secondary N) is 3. The Balaban J connectivity index is 0.694. The minimum Gasteiger partial charge on any atom is -0.391 e. The van der Waals surface area contributed by atoms with Gasteiger partial charge in [0.05, 0.1) is 40.6 Å². The summed E-state index contributed by atoms with van der Waals surface area (Å²) >= 11 is 3.09. The maximum Gasteiger partial charge on any atom is 0.272 e. The van der Waals surface area contributed by atoms with Crippen molar-refractivity contribution in [3.05, 3.63) is 95.5 Å². The summed E-state index contributed by atoms with van der Waals surface area (Å²) in [5.74, 6) is 0.184. The Kier molecular flexibility index (Phi) is 16.2. The number of rotatable bonds is 17. The third kappa shape index (κ3) is 13.1. The second-order valence-electron chi connectivity index (χ2n) is 22.4. The predicted molar refractivity (Wildman–Crippen MR) is 293 cm³/mol. The molecule has 1 spiro atoms. The molecule has 5 aromatic rings. The fourth-order valence-corrected chi connectivity index (χ4v) is 12.3. The highest BCUT2D eigenvalue weighted by atomic mass is 32.2. The Morgan fingerprint density at radius 3 is 2.33 bits per heavy atom. The van der Waals surface area contributed by atoms with Crippen LogP contribution in [0, 0.1) is 17.8 Å². The smallest absolute Gasteiger partial charge is 0.272 e. The van der Waals surface area contributed by atoms with Crippen LogP contribution < -0.4 is 31.5 Å². The van der Waals surface area contributed by atoms with E-state index < -0.39 is 35.4 Å². The number of likely N-dealkylation sites (tertiary alicyclic amines) is 2. The first kappa shape index (κ1) is 53.8. The van der Waals surface area contributed by atoms with Crippen LogP contribution in [-0.2, 0) is 14.4 Å². The quantitative estimate of drug-likeness (QED) is 0.0629. The number of β-amino-alcohol motifs (C(OH)–C–C–N with tert-alkyl or cyclic N) is 1. The first-order chi connectivity index (χ1) is 35.8. The summed E-state index contributed by atoms with van der Waals surface area (Å²) in [7, 11) is 0. The Morgan fingerprint density at radius 2 is 1.65 bits per heavy atom. The van der Waals surface area contributed by atoms with E-state index in [1.807, 2.05) is 94.9 Å². The van der Waals surface area contributed by atoms with Crippen LogP contribution in [0.3, 0.4) is 0 Å². The molecule has 0 radical (unpaired) electrons. The van der Waals surface area contributed by atoms with E-state index in [0.717, 1.165) is 121 Å². The number of anilines is 3. The van der Waals surface area contributed by atoms with Gasteiger partial charge < -0.3 is 46.4 Å². The van der Waals surface area contributed by atoms with Gasteiger partial charge in [-0.25, -0.2) is 15.0 Å². The number of hydrogen-bond donors (Lipinski definition) is 5. The molecule has 0 aliphatic carbocycles. The van der Waals surface area contributed by atoms with Crippen molar-refractivity contribution in [2.75, 3.05) is 67.5 Å². The van der Waals surface area contributed by atoms with Crippen molar-refractivity contribution in [1.82, 2.24) is 45.6 Å². The van der Waals surface area contributed by atoms with Gasteiger partial charge in [-0.3, -0.25) is 19.2 Å². The largest absolute Gasteiger partial charge is 0.391 e. The predicted octanol–water partition coefficient (Wildman–Crippen LogP) is 6.47. The fraction of sp³-hybridized carbons (Fsp3) is 0.509. The van der Waals surface area contributed by atoms with E-state index in [0.29, 0.717) is 12.2 Å². The van der Waals surface area contributed by atoms with Crippen molar-refractivity contribution >= 4 is 64.1 Å². The van der Waals surface area contributed by atoms with Gasteiger partial charge in [0.25, 0.3) is 5.91 Å². The van der Waals surface area contributed by atoms with Crippen molar-refractivity contribution in [3.8, 4) is 10.4 Å². The number of unbranched alkanes of at least 4 members (excludes halogenated alkanes) is 1. The molecule has 0 unspecified atom stereocenters. The van der Waals surface area contributed by atoms with Crippen LogP contribution in [-0.4, -0.2) is 140 Å². The standard InChI is InChI=1S/C55H71N13O5S2/c1-35(37-13-15-38(16-14-37)48-36(2)59-34-74-48)60-51(72)43-27-40(69)30-68(43)52(73)49(53(3,4)5)62-50(71)42-17-18-44(64-63-42)67-25-21-55(33-67)31-65(32-55)22-8-7-12-46(70)61-39-10-9-11-41(26-39)75-47-29-57-45(28-58-47)66-23-19-54(6,56)20-24-66/h9-11,13-18,26,28-29,34-35,40,43,49,69H,7-8,12,19-25,27,30-33,56H2,1-6H3,(H,60,72)(H,61,70)(H,62,71)/t35-,40+,43-,49+/m0/s1. The van der Waals surface area contributed by atoms with Crippen LogP contribution in [0.15, 0.2) is 88.5 Å². The highest BCUT2D eigenvalue weighted by Crippen LogP contribution is 2.41. The number of thiazole rings is 1. The van der Waals surface area contributed by atoms with E-state index in [9.17, 15) is 24.3 Å². The highest BCUT2D eigenvalue weighted by Gasteiger charge is 2.48. The number of hydrogen-bond acceptors (Lipinski definition) is 16. The van der Waals surface area contributed by atoms with Gasteiger partial charge in [-0.2, -0.15) is 0 Å². The number of nitrogens with two attached hydrogens (primary N) is 1. The van der Waals surface area contributed by atoms with Crippen LogP contribution in [0.2, 0.25) is 0 Å². The Bertz CT molecular complexity index is 2810. The van der Waals surface area contributed by atoms with Gasteiger partial charge in [-0.15, -0.1) is 21.5 Å². The summed E-state index contributed by atoms with van der Waals surface area (Å²) in [5.41, 5.74) is 11.2. The van der Waals surface area contributed by atoms with Gasteiger partial charge in [0.2, 0.25) is 17.7 Å². The molecule has 4 amide bonds. The monoisotopic (exact) mass is 1060 g/mol. The summed E-state index contributed by atoms with van der Waals surface area (Å²) in [5, 5.41) is 29.3. The molecular weight excluding hydrogens is 987 g/mol. The first-order valence-electron chi connectivity index (χ1n) is 26.2. The number of aromatic nitrogens is 5. The molecule has 4 saturated heterocycles. The van der Waals surface area contributed by atoms with Crippen LogP contribution >= 0.6 is 23.1 Å². The van der Waals surface area contributed by atoms with Crippen molar-refractivity contribution < 1.29 is 24.3 Å². The van der Waals surface area contributed by atoms with E-state index in [4.69, 9.17) is 5.73 Å². The van der Waals surface area contributed by atoms with Crippen molar-refractivity contribution in [1.29, 1.82) is 0 Å². The molecule has 9 rings (SSSR count). The summed E-state index contributed by atoms with van der Waals surface area (Å²) < 4.78 is 0. The number of aliphatic hydroxyl groups is 1. The average Bonchev–Trinajstić information content (AvgIpc) is 4.13. The molecule has 7 heterocycles. The Labute approximate surface area is 448 Å². The molecule has 3 aromatic heterocycles. The molecule has 0 saturated carbocycles. The lowest BCUT2D eigenvalue weighted by molar-refractivity contribution is -0.142. The average molecular weight is 1060 g/mol. The zero-order valence-corrected chi connectivity index (χ0v) is 45.6. The first-order valence-corrected chi connectivity index (χ1v) is 27.8. The third-order valence-electron chi connectivity index (χ3n) is 15.1. The fourth-order valence-electron chi connectivity index (χ4n) is 10.7. The second kappa shape index (κ2) is 22.6. The van der Waals surface area contributed by atoms with Gasteiger partial charge in [0.15, 0.2) is 11.5 Å². The second-order valence-corrected chi connectivity index (χ2v) is 24.4. The molecule has 2 aromatic carbocycles. The lowest BCUT2D eigenvalue weighted by atomic mass is 9.79. The number of carbonyl (C=O) groups is 4. The van der Waals surface area contributed by atoms with Crippen LogP contribution in [0.4, 0.5) is 17.3 Å². The number of piperidine rings is 1. The van der Waals surface area contributed by atoms with E-state index in [1.54, 1.807) is 29.7 Å². The molecule has 18 nitrogen and oxygen atoms in total. The lowest BCUT2D eigenvalue weighted by Gasteiger charge is -2.48. The molecule has 0 bridgehead atoms. The molecule has 6 N–H and O–H groups in total. The molecule has 75 heavy (non-hydrogen) atoms. The molecule has 4 aliphatic heterocycles. The summed E-state index contributed by atoms with van der Waals surface area (Å²) in [6.07, 6.45) is 7.87. The van der Waals surface area contributed by atoms with Gasteiger partial charge in [0.1, 0.15) is 22.9 Å². The molecular formula is C55H71N13O5S2. The summed E-state index contributed by atoms with van der Waals surface area (Å²) in [6, 6.07) is 16.9. The number of benzene rings is 2. The minimum atomic E-state index is -1.02. The van der Waals surface area contributed by atoms with Gasteiger partial charge in [0, 0.05) is 80.2 Å². The molecule has 4 atom stereocenters. The lowest BCUT2D eigenvalue weighted by Crippen LogP contribution is -2.58. The molecule has 398 valence electrons. The molecule has 4 fully saturated rings. The van der Waals surface area contributed by atoms with Crippen molar-refractivity contribution in [3.63, 3.8) is 0 Å². The number of carbonyl (C=O) groups excluding carboxylic acids is 4. The number of amides is 4. The SMILES string of the molecule is Cc1ncsc1-c1ccc([C@H](C)NC(=O)[C@@H]2C[C@@H](O)CN2C(=O)[C@@H](NC(=O)c2ccc(N3CCC4(CN(CCCCC(=O)Nc5cccc(Sc6cnc(N7CCC(C)(N)CC7)cn6)c5)C4)C3)nn2)C(C)(C)C)cc1. The Hall–Kier alpha value is -6.06. The van der Waals surface area contributed by atoms with E-state index >= 15 is 0 Å². The van der Waals surface area contributed by atoms with Gasteiger partial charge in [-0.1, -0.05) is 62.9 Å². The van der Waals surface area contributed by atoms with Crippen molar-refractivity contribution in [2.24, 2.45) is 16.6 Å². The maximum atomic E-state index is 14.3. The maximum absolute atomic E-state index is 14.3. The van der Waals surface area contributed by atoms with Gasteiger partial charge in [-0.05, 0) is 106 Å². The topological polar surface area (TPSA) is 228 Å².